The number of nitrogens with zero attached hydrogens (tertiary/aromatic N) is 1. The van der Waals surface area contributed by atoms with Gasteiger partial charge in [-0.05, 0) is 54.0 Å². The van der Waals surface area contributed by atoms with Crippen LogP contribution < -0.4 is 5.32 Å². The number of hydrogen-bond acceptors (Lipinski definition) is 3. The number of carbonyl (C=O) groups excluding carboxylic acids is 2. The maximum atomic E-state index is 12.2. The topological polar surface area (TPSA) is 49.4 Å². The van der Waals surface area contributed by atoms with Gasteiger partial charge in [0.05, 0.1) is 12.1 Å². The molecule has 0 aliphatic carbocycles. The van der Waals surface area contributed by atoms with Crippen LogP contribution in [0.1, 0.15) is 53.9 Å². The van der Waals surface area contributed by atoms with Crippen molar-refractivity contribution in [2.24, 2.45) is 0 Å². The molecule has 1 saturated heterocycles. The van der Waals surface area contributed by atoms with E-state index in [0.717, 1.165) is 25.8 Å². The number of hydrogen-bond donors (Lipinski definition) is 1. The Morgan fingerprint density at radius 2 is 1.89 bits per heavy atom. The van der Waals surface area contributed by atoms with Gasteiger partial charge in [0.15, 0.2) is 0 Å². The van der Waals surface area contributed by atoms with Crippen molar-refractivity contribution >= 4 is 11.7 Å². The summed E-state index contributed by atoms with van der Waals surface area (Å²) in [5.74, 6) is 0.181. The summed E-state index contributed by atoms with van der Waals surface area (Å²) < 4.78 is 0. The van der Waals surface area contributed by atoms with Crippen LogP contribution in [0.5, 0.6) is 0 Å². The average molecular weight is 254 g/mol. The third kappa shape index (κ3) is 4.09. The van der Waals surface area contributed by atoms with Crippen LogP contribution in [0.15, 0.2) is 0 Å². The van der Waals surface area contributed by atoms with Crippen molar-refractivity contribution in [3.63, 3.8) is 0 Å². The Morgan fingerprint density at radius 3 is 2.39 bits per heavy atom. The lowest BCUT2D eigenvalue weighted by Crippen LogP contribution is -2.56. The minimum Gasteiger partial charge on any atom is -0.350 e. The fraction of sp³-hybridized carbons (Fsp3) is 0.857. The van der Waals surface area contributed by atoms with E-state index in [1.807, 2.05) is 32.6 Å². The van der Waals surface area contributed by atoms with E-state index >= 15 is 0 Å². The zero-order chi connectivity index (χ0) is 13.9. The van der Waals surface area contributed by atoms with E-state index in [1.165, 1.54) is 0 Å². The molecule has 4 heteroatoms. The van der Waals surface area contributed by atoms with Gasteiger partial charge in [-0.25, -0.2) is 0 Å². The van der Waals surface area contributed by atoms with E-state index in [1.54, 1.807) is 6.92 Å². The average Bonchev–Trinajstić information content (AvgIpc) is 2.25. The van der Waals surface area contributed by atoms with Crippen LogP contribution in [0.25, 0.3) is 0 Å². The lowest BCUT2D eigenvalue weighted by molar-refractivity contribution is -0.132. The highest BCUT2D eigenvalue weighted by Gasteiger charge is 2.33. The highest BCUT2D eigenvalue weighted by atomic mass is 16.2. The van der Waals surface area contributed by atoms with Gasteiger partial charge in [0.2, 0.25) is 5.91 Å². The molecule has 18 heavy (non-hydrogen) atoms. The molecule has 1 N–H and O–H groups in total. The molecule has 0 spiro atoms. The van der Waals surface area contributed by atoms with Crippen molar-refractivity contribution < 1.29 is 9.59 Å². The molecule has 1 amide bonds. The lowest BCUT2D eigenvalue weighted by atomic mass is 9.96. The van der Waals surface area contributed by atoms with E-state index in [-0.39, 0.29) is 29.3 Å². The maximum Gasteiger partial charge on any atom is 0.237 e. The first-order valence-corrected chi connectivity index (χ1v) is 6.80. The van der Waals surface area contributed by atoms with E-state index in [2.05, 4.69) is 5.32 Å². The SMILES string of the molecule is CC(=O)C1CCCCN1C(C)C(=O)NC(C)(C)C. The standard InChI is InChI=1S/C14H26N2O2/c1-10(13(18)15-14(3,4)5)16-9-7-6-8-12(16)11(2)17/h10,12H,6-9H2,1-5H3,(H,15,18). The van der Waals surface area contributed by atoms with Crippen molar-refractivity contribution in [3.8, 4) is 0 Å². The lowest BCUT2D eigenvalue weighted by Gasteiger charge is -2.38. The minimum absolute atomic E-state index is 0.00986. The summed E-state index contributed by atoms with van der Waals surface area (Å²) in [4.78, 5) is 25.9. The zero-order valence-electron chi connectivity index (χ0n) is 12.2. The first kappa shape index (κ1) is 15.2. The van der Waals surface area contributed by atoms with Gasteiger partial charge in [-0.3, -0.25) is 14.5 Å². The van der Waals surface area contributed by atoms with Gasteiger partial charge in [0, 0.05) is 5.54 Å². The predicted molar refractivity (Wildman–Crippen MR) is 72.4 cm³/mol. The van der Waals surface area contributed by atoms with Crippen LogP contribution in [-0.2, 0) is 9.59 Å². The Kier molecular flexibility index (Phi) is 4.91. The molecule has 0 aromatic carbocycles. The molecule has 1 heterocycles. The summed E-state index contributed by atoms with van der Waals surface area (Å²) in [7, 11) is 0. The Bertz CT molecular complexity index is 320. The number of piperidine rings is 1. The number of amides is 1. The van der Waals surface area contributed by atoms with Gasteiger partial charge in [-0.1, -0.05) is 6.42 Å². The molecule has 1 aliphatic heterocycles. The van der Waals surface area contributed by atoms with Gasteiger partial charge >= 0.3 is 0 Å². The van der Waals surface area contributed by atoms with Gasteiger partial charge in [-0.2, -0.15) is 0 Å². The molecule has 2 unspecified atom stereocenters. The molecule has 1 fully saturated rings. The van der Waals surface area contributed by atoms with Crippen LogP contribution in [-0.4, -0.2) is 40.8 Å². The molecule has 104 valence electrons. The summed E-state index contributed by atoms with van der Waals surface area (Å²) in [5, 5.41) is 2.98. The fourth-order valence-corrected chi connectivity index (χ4v) is 2.48. The first-order chi connectivity index (χ1) is 8.22. The molecule has 2 atom stereocenters. The van der Waals surface area contributed by atoms with Crippen molar-refractivity contribution in [1.82, 2.24) is 10.2 Å². The Morgan fingerprint density at radius 1 is 1.28 bits per heavy atom. The third-order valence-electron chi connectivity index (χ3n) is 3.39. The van der Waals surface area contributed by atoms with E-state index in [9.17, 15) is 9.59 Å². The molecule has 4 nitrogen and oxygen atoms in total. The molecular weight excluding hydrogens is 228 g/mol. The molecule has 0 bridgehead atoms. The van der Waals surface area contributed by atoms with Gasteiger partial charge in [-0.15, -0.1) is 0 Å². The van der Waals surface area contributed by atoms with E-state index in [4.69, 9.17) is 0 Å². The molecule has 0 aromatic heterocycles. The molecule has 0 saturated carbocycles. The number of nitrogens with one attached hydrogen (secondary N) is 1. The number of likely N-dealkylation sites (tertiary alicyclic amines) is 1. The largest absolute Gasteiger partial charge is 0.350 e. The third-order valence-corrected chi connectivity index (χ3v) is 3.39. The van der Waals surface area contributed by atoms with Crippen LogP contribution in [0.4, 0.5) is 0 Å². The molecular formula is C14H26N2O2. The number of ketones is 1. The van der Waals surface area contributed by atoms with Crippen molar-refractivity contribution in [3.05, 3.63) is 0 Å². The molecule has 0 radical (unpaired) electrons. The van der Waals surface area contributed by atoms with Crippen LogP contribution in [0, 0.1) is 0 Å². The van der Waals surface area contributed by atoms with Crippen LogP contribution >= 0.6 is 0 Å². The summed E-state index contributed by atoms with van der Waals surface area (Å²) in [6.45, 7) is 10.3. The predicted octanol–water partition coefficient (Wildman–Crippen LogP) is 1.73. The smallest absolute Gasteiger partial charge is 0.237 e. The Hall–Kier alpha value is -0.900. The Balaban J connectivity index is 2.71. The summed E-state index contributed by atoms with van der Waals surface area (Å²) in [6.07, 6.45) is 3.02. The zero-order valence-corrected chi connectivity index (χ0v) is 12.2. The van der Waals surface area contributed by atoms with Crippen molar-refractivity contribution in [1.29, 1.82) is 0 Å². The first-order valence-electron chi connectivity index (χ1n) is 6.80. The normalized spacial score (nSPS) is 23.5. The highest BCUT2D eigenvalue weighted by molar-refractivity contribution is 5.85. The monoisotopic (exact) mass is 254 g/mol. The Labute approximate surface area is 110 Å². The summed E-state index contributed by atoms with van der Waals surface area (Å²) in [6, 6.07) is -0.321. The summed E-state index contributed by atoms with van der Waals surface area (Å²) >= 11 is 0. The van der Waals surface area contributed by atoms with E-state index in [0.29, 0.717) is 0 Å². The van der Waals surface area contributed by atoms with E-state index < -0.39 is 0 Å². The van der Waals surface area contributed by atoms with Gasteiger partial charge in [0.1, 0.15) is 5.78 Å². The second kappa shape index (κ2) is 5.83. The summed E-state index contributed by atoms with van der Waals surface area (Å²) in [5.41, 5.74) is -0.229. The second-order valence-corrected chi connectivity index (χ2v) is 6.28. The van der Waals surface area contributed by atoms with Gasteiger partial charge < -0.3 is 5.32 Å². The number of rotatable bonds is 3. The quantitative estimate of drug-likeness (QED) is 0.834. The fourth-order valence-electron chi connectivity index (χ4n) is 2.48. The van der Waals surface area contributed by atoms with Crippen molar-refractivity contribution in [2.45, 2.75) is 71.5 Å². The number of carbonyl (C=O) groups is 2. The minimum atomic E-state index is -0.238. The molecule has 0 aromatic rings. The highest BCUT2D eigenvalue weighted by Crippen LogP contribution is 2.20. The van der Waals surface area contributed by atoms with Crippen LogP contribution in [0.2, 0.25) is 0 Å². The molecule has 1 rings (SSSR count). The molecule has 1 aliphatic rings. The maximum absolute atomic E-state index is 12.2. The van der Waals surface area contributed by atoms with Crippen LogP contribution in [0.3, 0.4) is 0 Å². The van der Waals surface area contributed by atoms with Crippen molar-refractivity contribution in [2.75, 3.05) is 6.54 Å². The van der Waals surface area contributed by atoms with Gasteiger partial charge in [0.25, 0.3) is 0 Å². The number of Topliss-reactive ketones (excluding diaryl/α,β-unsaturated/α-hetero) is 1. The second-order valence-electron chi connectivity index (χ2n) is 6.28.